The van der Waals surface area contributed by atoms with Crippen LogP contribution in [0.1, 0.15) is 10.4 Å². The van der Waals surface area contributed by atoms with Crippen LogP contribution >= 0.6 is 0 Å². The normalized spacial score (nSPS) is 11.1. The molecule has 0 saturated carbocycles. The van der Waals surface area contributed by atoms with Crippen molar-refractivity contribution in [1.82, 2.24) is 4.72 Å². The number of nitrogen functional groups attached to an aromatic ring is 1. The van der Waals surface area contributed by atoms with Gasteiger partial charge in [-0.2, -0.15) is 0 Å². The second-order valence-electron chi connectivity index (χ2n) is 2.90. The van der Waals surface area contributed by atoms with Crippen LogP contribution in [0.3, 0.4) is 0 Å². The molecule has 1 aromatic carbocycles. The van der Waals surface area contributed by atoms with E-state index < -0.39 is 21.7 Å². The van der Waals surface area contributed by atoms with Crippen LogP contribution in [0, 0.1) is 5.82 Å². The third-order valence-corrected chi connectivity index (χ3v) is 2.13. The molecule has 3 N–H and O–H groups in total. The molecule has 0 aliphatic rings. The van der Waals surface area contributed by atoms with Crippen LogP contribution in [0.4, 0.5) is 10.1 Å². The van der Waals surface area contributed by atoms with E-state index >= 15 is 0 Å². The minimum atomic E-state index is -3.68. The summed E-state index contributed by atoms with van der Waals surface area (Å²) in [5.74, 6) is -1.72. The van der Waals surface area contributed by atoms with Gasteiger partial charge in [0.25, 0.3) is 5.91 Å². The van der Waals surface area contributed by atoms with Gasteiger partial charge in [-0.05, 0) is 12.1 Å². The summed E-state index contributed by atoms with van der Waals surface area (Å²) in [6, 6.07) is 3.58. The summed E-state index contributed by atoms with van der Waals surface area (Å²) in [5, 5.41) is 0. The molecule has 0 radical (unpaired) electrons. The molecule has 1 amide bonds. The summed E-state index contributed by atoms with van der Waals surface area (Å²) < 4.78 is 36.1. The smallest absolute Gasteiger partial charge is 0.266 e. The molecular weight excluding hydrogens is 223 g/mol. The maximum absolute atomic E-state index is 12.9. The van der Waals surface area contributed by atoms with Gasteiger partial charge in [0, 0.05) is 0 Å². The lowest BCUT2D eigenvalue weighted by Gasteiger charge is -2.05. The molecule has 82 valence electrons. The zero-order valence-electron chi connectivity index (χ0n) is 7.82. The van der Waals surface area contributed by atoms with Crippen LogP contribution in [-0.2, 0) is 10.0 Å². The number of benzene rings is 1. The highest BCUT2D eigenvalue weighted by Crippen LogP contribution is 2.15. The van der Waals surface area contributed by atoms with Gasteiger partial charge in [0.15, 0.2) is 0 Å². The van der Waals surface area contributed by atoms with E-state index in [4.69, 9.17) is 5.73 Å². The molecule has 0 saturated heterocycles. The maximum atomic E-state index is 12.9. The molecule has 15 heavy (non-hydrogen) atoms. The van der Waals surface area contributed by atoms with Crippen molar-refractivity contribution in [3.63, 3.8) is 0 Å². The lowest BCUT2D eigenvalue weighted by Crippen LogP contribution is -2.30. The average Bonchev–Trinajstić information content (AvgIpc) is 2.06. The van der Waals surface area contributed by atoms with E-state index in [9.17, 15) is 17.6 Å². The number of hydrogen-bond donors (Lipinski definition) is 2. The van der Waals surface area contributed by atoms with E-state index in [-0.39, 0.29) is 11.3 Å². The van der Waals surface area contributed by atoms with Crippen LogP contribution in [0.2, 0.25) is 0 Å². The minimum absolute atomic E-state index is 0.208. The zero-order valence-corrected chi connectivity index (χ0v) is 8.64. The lowest BCUT2D eigenvalue weighted by molar-refractivity contribution is 0.0982. The molecule has 0 heterocycles. The van der Waals surface area contributed by atoms with Gasteiger partial charge in [-0.1, -0.05) is 6.07 Å². The number of anilines is 1. The average molecular weight is 232 g/mol. The van der Waals surface area contributed by atoms with Gasteiger partial charge in [0.05, 0.1) is 17.5 Å². The Labute approximate surface area is 86.1 Å². The number of halogens is 1. The maximum Gasteiger partial charge on any atom is 0.266 e. The first-order valence-electron chi connectivity index (χ1n) is 3.87. The lowest BCUT2D eigenvalue weighted by atomic mass is 10.1. The molecule has 0 aliphatic heterocycles. The number of nitrogens with two attached hydrogens (primary N) is 1. The topological polar surface area (TPSA) is 89.3 Å². The Kier molecular flexibility index (Phi) is 2.94. The molecular formula is C8H9FN2O3S. The third kappa shape index (κ3) is 2.91. The Morgan fingerprint density at radius 3 is 2.60 bits per heavy atom. The SMILES string of the molecule is CS(=O)(=O)NC(=O)c1cccc(F)c1N. The van der Waals surface area contributed by atoms with Crippen LogP contribution in [0.25, 0.3) is 0 Å². The van der Waals surface area contributed by atoms with Crippen LogP contribution < -0.4 is 10.5 Å². The summed E-state index contributed by atoms with van der Waals surface area (Å²) in [6.45, 7) is 0. The number of hydrogen-bond acceptors (Lipinski definition) is 4. The van der Waals surface area contributed by atoms with Crippen molar-refractivity contribution in [1.29, 1.82) is 0 Å². The van der Waals surface area contributed by atoms with E-state index in [0.717, 1.165) is 12.3 Å². The largest absolute Gasteiger partial charge is 0.396 e. The molecule has 0 spiro atoms. The fourth-order valence-electron chi connectivity index (χ4n) is 0.958. The first-order chi connectivity index (χ1) is 6.81. The van der Waals surface area contributed by atoms with Gasteiger partial charge in [-0.3, -0.25) is 4.79 Å². The van der Waals surface area contributed by atoms with Crippen LogP contribution in [0.5, 0.6) is 0 Å². The fourth-order valence-corrected chi connectivity index (χ4v) is 1.41. The Balaban J connectivity index is 3.08. The van der Waals surface area contributed by atoms with Crippen LogP contribution in [0.15, 0.2) is 18.2 Å². The van der Waals surface area contributed by atoms with E-state index in [1.807, 2.05) is 0 Å². The second kappa shape index (κ2) is 3.85. The summed E-state index contributed by atoms with van der Waals surface area (Å²) in [4.78, 5) is 11.3. The highest BCUT2D eigenvalue weighted by Gasteiger charge is 2.15. The van der Waals surface area contributed by atoms with Crippen molar-refractivity contribution in [2.45, 2.75) is 0 Å². The summed E-state index contributed by atoms with van der Waals surface area (Å²) in [6.07, 6.45) is 0.820. The van der Waals surface area contributed by atoms with E-state index in [1.54, 1.807) is 4.72 Å². The Morgan fingerprint density at radius 2 is 2.07 bits per heavy atom. The van der Waals surface area contributed by atoms with Crippen molar-refractivity contribution in [2.75, 3.05) is 12.0 Å². The van der Waals surface area contributed by atoms with Crippen molar-refractivity contribution in [2.24, 2.45) is 0 Å². The number of amides is 1. The molecule has 0 fully saturated rings. The summed E-state index contributed by atoms with van der Waals surface area (Å²) >= 11 is 0. The highest BCUT2D eigenvalue weighted by molar-refractivity contribution is 7.89. The Bertz CT molecular complexity index is 499. The number of sulfonamides is 1. The fraction of sp³-hybridized carbons (Fsp3) is 0.125. The quantitative estimate of drug-likeness (QED) is 0.707. The van der Waals surface area contributed by atoms with E-state index in [0.29, 0.717) is 0 Å². The van der Waals surface area contributed by atoms with Gasteiger partial charge in [0.1, 0.15) is 5.82 Å². The first kappa shape index (κ1) is 11.4. The highest BCUT2D eigenvalue weighted by atomic mass is 32.2. The molecule has 0 aliphatic carbocycles. The van der Waals surface area contributed by atoms with Crippen LogP contribution in [-0.4, -0.2) is 20.6 Å². The molecule has 0 unspecified atom stereocenters. The number of carbonyl (C=O) groups is 1. The van der Waals surface area contributed by atoms with Crippen molar-refractivity contribution in [3.8, 4) is 0 Å². The van der Waals surface area contributed by atoms with E-state index in [2.05, 4.69) is 0 Å². The van der Waals surface area contributed by atoms with E-state index in [1.165, 1.54) is 12.1 Å². The molecule has 0 aromatic heterocycles. The predicted molar refractivity (Wildman–Crippen MR) is 53.1 cm³/mol. The van der Waals surface area contributed by atoms with Gasteiger partial charge in [-0.15, -0.1) is 0 Å². The molecule has 0 bridgehead atoms. The van der Waals surface area contributed by atoms with Crippen molar-refractivity contribution in [3.05, 3.63) is 29.6 Å². The zero-order chi connectivity index (χ0) is 11.6. The van der Waals surface area contributed by atoms with Gasteiger partial charge in [-0.25, -0.2) is 17.5 Å². The first-order valence-corrected chi connectivity index (χ1v) is 5.76. The van der Waals surface area contributed by atoms with Gasteiger partial charge < -0.3 is 5.73 Å². The van der Waals surface area contributed by atoms with Crippen molar-refractivity contribution >= 4 is 21.6 Å². The predicted octanol–water partition coefficient (Wildman–Crippen LogP) is 0.0973. The molecule has 5 nitrogen and oxygen atoms in total. The standard InChI is InChI=1S/C8H9FN2O3S/c1-15(13,14)11-8(12)5-3-2-4-6(9)7(5)10/h2-4H,10H2,1H3,(H,11,12). The van der Waals surface area contributed by atoms with Crippen molar-refractivity contribution < 1.29 is 17.6 Å². The molecule has 1 rings (SSSR count). The summed E-state index contributed by atoms with van der Waals surface area (Å²) in [7, 11) is -3.68. The minimum Gasteiger partial charge on any atom is -0.396 e. The number of para-hydroxylation sites is 1. The number of carbonyl (C=O) groups excluding carboxylic acids is 1. The third-order valence-electron chi connectivity index (χ3n) is 1.58. The molecule has 1 aromatic rings. The van der Waals surface area contributed by atoms with Gasteiger partial charge >= 0.3 is 0 Å². The molecule has 7 heteroatoms. The number of nitrogens with one attached hydrogen (secondary N) is 1. The second-order valence-corrected chi connectivity index (χ2v) is 4.65. The molecule has 0 atom stereocenters. The number of rotatable bonds is 2. The Morgan fingerprint density at radius 1 is 1.47 bits per heavy atom. The Hall–Kier alpha value is -1.63. The van der Waals surface area contributed by atoms with Gasteiger partial charge in [0.2, 0.25) is 10.0 Å². The summed E-state index contributed by atoms with van der Waals surface area (Å²) in [5.41, 5.74) is 4.69. The monoisotopic (exact) mass is 232 g/mol.